The van der Waals surface area contributed by atoms with Gasteiger partial charge in [-0.1, -0.05) is 20.8 Å². The third kappa shape index (κ3) is 3.17. The van der Waals surface area contributed by atoms with Crippen LogP contribution in [0.15, 0.2) is 11.6 Å². The highest BCUT2D eigenvalue weighted by Crippen LogP contribution is 2.18. The minimum absolute atomic E-state index is 0.149. The molecular weight excluding hydrogens is 262 g/mol. The van der Waals surface area contributed by atoms with Crippen LogP contribution in [0.25, 0.3) is 0 Å². The summed E-state index contributed by atoms with van der Waals surface area (Å²) in [5, 5.41) is 12.3. The van der Waals surface area contributed by atoms with Crippen LogP contribution in [0.1, 0.15) is 55.2 Å². The van der Waals surface area contributed by atoms with E-state index in [9.17, 15) is 4.79 Å². The van der Waals surface area contributed by atoms with Crippen molar-refractivity contribution in [3.05, 3.63) is 28.2 Å². The van der Waals surface area contributed by atoms with E-state index >= 15 is 0 Å². The van der Waals surface area contributed by atoms with Crippen molar-refractivity contribution in [3.63, 3.8) is 0 Å². The minimum Gasteiger partial charge on any atom is -0.340 e. The van der Waals surface area contributed by atoms with E-state index < -0.39 is 0 Å². The first-order valence-corrected chi connectivity index (χ1v) is 6.89. The summed E-state index contributed by atoms with van der Waals surface area (Å²) in [6.07, 6.45) is 1.72. The maximum atomic E-state index is 12.0. The van der Waals surface area contributed by atoms with Gasteiger partial charge in [0.15, 0.2) is 0 Å². The molecule has 0 radical (unpaired) electrons. The second-order valence-corrected chi connectivity index (χ2v) is 6.25. The Kier molecular flexibility index (Phi) is 3.66. The number of hydrogen-bond acceptors (Lipinski definition) is 5. The molecule has 2 heterocycles. The Morgan fingerprint density at radius 2 is 2.21 bits per heavy atom. The molecule has 102 valence electrons. The molecule has 2 aromatic heterocycles. The first-order chi connectivity index (χ1) is 8.88. The Hall–Kier alpha value is -1.76. The van der Waals surface area contributed by atoms with Crippen molar-refractivity contribution in [2.24, 2.45) is 0 Å². The van der Waals surface area contributed by atoms with Crippen molar-refractivity contribution < 1.29 is 4.79 Å². The number of rotatable bonds is 3. The summed E-state index contributed by atoms with van der Waals surface area (Å²) < 4.78 is 0. The number of carbonyl (C=O) groups is 1. The average molecular weight is 279 g/mol. The highest BCUT2D eigenvalue weighted by atomic mass is 32.1. The number of thiazole rings is 1. The Morgan fingerprint density at radius 1 is 1.47 bits per heavy atom. The van der Waals surface area contributed by atoms with Crippen molar-refractivity contribution in [1.82, 2.24) is 25.5 Å². The maximum Gasteiger partial charge on any atom is 0.291 e. The van der Waals surface area contributed by atoms with Crippen LogP contribution in [0, 0.1) is 0 Å². The van der Waals surface area contributed by atoms with Crippen molar-refractivity contribution in [1.29, 1.82) is 0 Å². The van der Waals surface area contributed by atoms with Gasteiger partial charge in [0.1, 0.15) is 10.8 Å². The summed E-state index contributed by atoms with van der Waals surface area (Å²) in [6, 6.07) is -0.149. The molecule has 2 N–H and O–H groups in total. The molecule has 2 aromatic rings. The maximum absolute atomic E-state index is 12.0. The van der Waals surface area contributed by atoms with Crippen LogP contribution in [0.3, 0.4) is 0 Å². The summed E-state index contributed by atoms with van der Waals surface area (Å²) in [4.78, 5) is 20.4. The third-order valence-electron chi connectivity index (χ3n) is 2.57. The monoisotopic (exact) mass is 279 g/mol. The van der Waals surface area contributed by atoms with Crippen LogP contribution in [0.5, 0.6) is 0 Å². The molecule has 0 saturated carbocycles. The van der Waals surface area contributed by atoms with Gasteiger partial charge in [-0.15, -0.1) is 16.4 Å². The smallest absolute Gasteiger partial charge is 0.291 e. The Balaban J connectivity index is 2.06. The first-order valence-electron chi connectivity index (χ1n) is 6.01. The molecule has 7 heteroatoms. The highest BCUT2D eigenvalue weighted by Gasteiger charge is 2.22. The molecule has 0 aromatic carbocycles. The SMILES string of the molecule is CC(NC(=O)c1n[nH]c(C(C)(C)C)n1)c1nccs1. The number of aromatic nitrogens is 4. The molecule has 0 fully saturated rings. The fourth-order valence-corrected chi connectivity index (χ4v) is 2.12. The Morgan fingerprint density at radius 3 is 2.74 bits per heavy atom. The topological polar surface area (TPSA) is 83.6 Å². The standard InChI is InChI=1S/C12H17N5OS/c1-7(10-13-5-6-19-10)14-9(18)8-15-11(17-16-8)12(2,3)4/h5-7H,1-4H3,(H,14,18)(H,15,16,17). The van der Waals surface area contributed by atoms with Gasteiger partial charge in [-0.2, -0.15) is 0 Å². The van der Waals surface area contributed by atoms with Crippen molar-refractivity contribution >= 4 is 17.2 Å². The number of nitrogens with one attached hydrogen (secondary N) is 2. The molecule has 0 spiro atoms. The molecule has 1 atom stereocenters. The molecule has 1 amide bonds. The first kappa shape index (κ1) is 13.7. The lowest BCUT2D eigenvalue weighted by Gasteiger charge is -2.13. The van der Waals surface area contributed by atoms with E-state index in [1.807, 2.05) is 33.1 Å². The van der Waals surface area contributed by atoms with Gasteiger partial charge >= 0.3 is 0 Å². The number of amides is 1. The van der Waals surface area contributed by atoms with Crippen LogP contribution in [-0.2, 0) is 5.41 Å². The van der Waals surface area contributed by atoms with E-state index in [0.29, 0.717) is 5.82 Å². The van der Waals surface area contributed by atoms with E-state index in [1.54, 1.807) is 6.20 Å². The van der Waals surface area contributed by atoms with Gasteiger partial charge in [-0.25, -0.2) is 9.97 Å². The number of aromatic amines is 1. The normalized spacial score (nSPS) is 13.3. The van der Waals surface area contributed by atoms with Gasteiger partial charge in [-0.05, 0) is 6.92 Å². The average Bonchev–Trinajstić information content (AvgIpc) is 3.00. The van der Waals surface area contributed by atoms with Crippen LogP contribution in [-0.4, -0.2) is 26.1 Å². The minimum atomic E-state index is -0.297. The molecule has 2 rings (SSSR count). The quantitative estimate of drug-likeness (QED) is 0.900. The van der Waals surface area contributed by atoms with Gasteiger partial charge in [-0.3, -0.25) is 9.89 Å². The molecule has 0 bridgehead atoms. The van der Waals surface area contributed by atoms with E-state index in [1.165, 1.54) is 11.3 Å². The zero-order valence-corrected chi connectivity index (χ0v) is 12.2. The Bertz CT molecular complexity index is 555. The molecular formula is C12H17N5OS. The van der Waals surface area contributed by atoms with E-state index in [2.05, 4.69) is 25.5 Å². The van der Waals surface area contributed by atoms with Crippen LogP contribution in [0.2, 0.25) is 0 Å². The summed E-state index contributed by atoms with van der Waals surface area (Å²) in [7, 11) is 0. The van der Waals surface area contributed by atoms with Gasteiger partial charge in [0, 0.05) is 17.0 Å². The lowest BCUT2D eigenvalue weighted by Crippen LogP contribution is -2.27. The number of carbonyl (C=O) groups excluding carboxylic acids is 1. The van der Waals surface area contributed by atoms with Crippen LogP contribution in [0.4, 0.5) is 0 Å². The van der Waals surface area contributed by atoms with Crippen molar-refractivity contribution in [2.45, 2.75) is 39.2 Å². The third-order valence-corrected chi connectivity index (χ3v) is 3.53. The number of hydrogen-bond donors (Lipinski definition) is 2. The van der Waals surface area contributed by atoms with Gasteiger partial charge < -0.3 is 5.32 Å². The lowest BCUT2D eigenvalue weighted by molar-refractivity contribution is 0.0929. The van der Waals surface area contributed by atoms with Gasteiger partial charge in [0.2, 0.25) is 5.82 Å². The largest absolute Gasteiger partial charge is 0.340 e. The lowest BCUT2D eigenvalue weighted by atomic mass is 9.96. The molecule has 0 aliphatic carbocycles. The summed E-state index contributed by atoms with van der Waals surface area (Å²) >= 11 is 1.50. The fourth-order valence-electron chi connectivity index (χ4n) is 1.47. The summed E-state index contributed by atoms with van der Waals surface area (Å²) in [6.45, 7) is 7.90. The fraction of sp³-hybridized carbons (Fsp3) is 0.500. The van der Waals surface area contributed by atoms with Crippen LogP contribution >= 0.6 is 11.3 Å². The molecule has 1 unspecified atom stereocenters. The number of H-pyrrole nitrogens is 1. The molecule has 0 saturated heterocycles. The predicted octanol–water partition coefficient (Wildman–Crippen LogP) is 2.05. The van der Waals surface area contributed by atoms with E-state index in [4.69, 9.17) is 0 Å². The second-order valence-electron chi connectivity index (χ2n) is 5.32. The summed E-state index contributed by atoms with van der Waals surface area (Å²) in [5.74, 6) is 0.558. The molecule has 0 aliphatic heterocycles. The second kappa shape index (κ2) is 5.08. The van der Waals surface area contributed by atoms with Crippen LogP contribution < -0.4 is 5.32 Å². The predicted molar refractivity (Wildman–Crippen MR) is 73.1 cm³/mol. The highest BCUT2D eigenvalue weighted by molar-refractivity contribution is 7.09. The number of nitrogens with zero attached hydrogens (tertiary/aromatic N) is 3. The zero-order valence-electron chi connectivity index (χ0n) is 11.4. The Labute approximate surface area is 115 Å². The van der Waals surface area contributed by atoms with E-state index in [0.717, 1.165) is 5.01 Å². The zero-order chi connectivity index (χ0) is 14.0. The molecule has 19 heavy (non-hydrogen) atoms. The van der Waals surface area contributed by atoms with Crippen molar-refractivity contribution in [2.75, 3.05) is 0 Å². The molecule has 6 nitrogen and oxygen atoms in total. The van der Waals surface area contributed by atoms with E-state index in [-0.39, 0.29) is 23.2 Å². The molecule has 0 aliphatic rings. The van der Waals surface area contributed by atoms with Gasteiger partial charge in [0.25, 0.3) is 5.91 Å². The van der Waals surface area contributed by atoms with Gasteiger partial charge in [0.05, 0.1) is 6.04 Å². The summed E-state index contributed by atoms with van der Waals surface area (Å²) in [5.41, 5.74) is -0.160. The van der Waals surface area contributed by atoms with Crippen molar-refractivity contribution in [3.8, 4) is 0 Å².